The summed E-state index contributed by atoms with van der Waals surface area (Å²) in [6.45, 7) is 3.37. The average molecular weight is 524 g/mol. The van der Waals surface area contributed by atoms with Crippen LogP contribution in [-0.4, -0.2) is 68.2 Å². The van der Waals surface area contributed by atoms with Crippen molar-refractivity contribution in [1.29, 1.82) is 0 Å². The molecule has 0 spiro atoms. The number of piperidine rings is 1. The van der Waals surface area contributed by atoms with E-state index in [2.05, 4.69) is 19.7 Å². The third-order valence-electron chi connectivity index (χ3n) is 6.91. The molecule has 4 aromatic rings. The quantitative estimate of drug-likeness (QED) is 0.358. The lowest BCUT2D eigenvalue weighted by atomic mass is 10.0. The van der Waals surface area contributed by atoms with Gasteiger partial charge < -0.3 is 15.1 Å². The van der Waals surface area contributed by atoms with Crippen molar-refractivity contribution >= 4 is 23.1 Å². The molecule has 5 rings (SSSR count). The summed E-state index contributed by atoms with van der Waals surface area (Å²) in [5, 5.41) is 2.81. The Kier molecular flexibility index (Phi) is 7.79. The van der Waals surface area contributed by atoms with Gasteiger partial charge in [-0.2, -0.15) is 0 Å². The number of fused-ring (bicyclic) bond motifs is 1. The highest BCUT2D eigenvalue weighted by Gasteiger charge is 2.31. The number of aryl methyl sites for hydroxylation is 1. The summed E-state index contributed by atoms with van der Waals surface area (Å²) in [5.74, 6) is 1.11. The predicted molar refractivity (Wildman–Crippen MR) is 151 cm³/mol. The molecule has 3 aromatic heterocycles. The highest BCUT2D eigenvalue weighted by Crippen LogP contribution is 2.35. The maximum Gasteiger partial charge on any atom is 0.256 e. The lowest BCUT2D eigenvalue weighted by Crippen LogP contribution is -2.38. The Labute approximate surface area is 228 Å². The maximum absolute atomic E-state index is 13.2. The van der Waals surface area contributed by atoms with Crippen LogP contribution < -0.4 is 5.32 Å². The van der Waals surface area contributed by atoms with Crippen LogP contribution in [0, 0.1) is 6.92 Å². The predicted octanol–water partition coefficient (Wildman–Crippen LogP) is 4.52. The van der Waals surface area contributed by atoms with Gasteiger partial charge in [-0.05, 0) is 64.5 Å². The standard InChI is InChI=1S/C30H33N7O2/c1-21-28-27(22-12-14-23(15-13-22)30(39)33-25-10-4-6-16-32-25)34-29(37(28)20-17-31-21)24-9-5-7-19-36(24)26(38)11-8-18-35(2)3/h4,6,8,10-17,20,24H,5,7,9,18-19H2,1-3H3,(H,32,33,39)/t24-/m0/s1. The molecular weight excluding hydrogens is 490 g/mol. The van der Waals surface area contributed by atoms with Gasteiger partial charge in [-0.25, -0.2) is 9.97 Å². The fourth-order valence-electron chi connectivity index (χ4n) is 4.98. The van der Waals surface area contributed by atoms with E-state index in [0.717, 1.165) is 47.6 Å². The zero-order valence-corrected chi connectivity index (χ0v) is 22.5. The van der Waals surface area contributed by atoms with Gasteiger partial charge in [-0.1, -0.05) is 24.3 Å². The number of aromatic nitrogens is 4. The third-order valence-corrected chi connectivity index (χ3v) is 6.91. The number of nitrogens with one attached hydrogen (secondary N) is 1. The normalized spacial score (nSPS) is 15.8. The van der Waals surface area contributed by atoms with Gasteiger partial charge in [0, 0.05) is 48.9 Å². The summed E-state index contributed by atoms with van der Waals surface area (Å²) in [6, 6.07) is 12.6. The molecule has 1 atom stereocenters. The van der Waals surface area contributed by atoms with Crippen LogP contribution in [0.4, 0.5) is 5.82 Å². The number of likely N-dealkylation sites (N-methyl/N-ethyl adjacent to an activating group) is 1. The zero-order chi connectivity index (χ0) is 27.4. The Bertz CT molecular complexity index is 1490. The van der Waals surface area contributed by atoms with Gasteiger partial charge in [0.2, 0.25) is 5.91 Å². The minimum atomic E-state index is -0.229. The smallest absolute Gasteiger partial charge is 0.256 e. The zero-order valence-electron chi connectivity index (χ0n) is 22.5. The lowest BCUT2D eigenvalue weighted by molar-refractivity contribution is -0.130. The monoisotopic (exact) mass is 523 g/mol. The molecule has 0 radical (unpaired) electrons. The summed E-state index contributed by atoms with van der Waals surface area (Å²) in [4.78, 5) is 43.7. The van der Waals surface area contributed by atoms with Gasteiger partial charge in [0.15, 0.2) is 0 Å². The minimum absolute atomic E-state index is 0.00824. The van der Waals surface area contributed by atoms with Gasteiger partial charge in [0.25, 0.3) is 5.91 Å². The van der Waals surface area contributed by atoms with Gasteiger partial charge in [0.05, 0.1) is 22.9 Å². The van der Waals surface area contributed by atoms with Crippen LogP contribution in [0.3, 0.4) is 0 Å². The molecule has 0 aliphatic carbocycles. The topological polar surface area (TPSA) is 95.7 Å². The molecule has 0 saturated carbocycles. The van der Waals surface area contributed by atoms with E-state index in [-0.39, 0.29) is 17.9 Å². The Morgan fingerprint density at radius 3 is 2.64 bits per heavy atom. The van der Waals surface area contributed by atoms with Crippen molar-refractivity contribution in [2.24, 2.45) is 0 Å². The molecule has 39 heavy (non-hydrogen) atoms. The first kappa shape index (κ1) is 26.2. The molecule has 1 fully saturated rings. The molecule has 1 aromatic carbocycles. The minimum Gasteiger partial charge on any atom is -0.329 e. The van der Waals surface area contributed by atoms with Crippen LogP contribution in [0.2, 0.25) is 0 Å². The molecule has 1 N–H and O–H groups in total. The van der Waals surface area contributed by atoms with Gasteiger partial charge in [-0.3, -0.25) is 19.0 Å². The second-order valence-electron chi connectivity index (χ2n) is 10.0. The highest BCUT2D eigenvalue weighted by molar-refractivity contribution is 6.04. The number of carbonyl (C=O) groups excluding carboxylic acids is 2. The van der Waals surface area contributed by atoms with E-state index in [0.29, 0.717) is 24.5 Å². The summed E-state index contributed by atoms with van der Waals surface area (Å²) < 4.78 is 2.07. The van der Waals surface area contributed by atoms with Crippen LogP contribution >= 0.6 is 0 Å². The Hall–Kier alpha value is -4.37. The van der Waals surface area contributed by atoms with Crippen LogP contribution in [-0.2, 0) is 4.79 Å². The average Bonchev–Trinajstić information content (AvgIpc) is 3.34. The molecule has 0 bridgehead atoms. The van der Waals surface area contributed by atoms with Crippen molar-refractivity contribution in [2.75, 3.05) is 32.5 Å². The summed E-state index contributed by atoms with van der Waals surface area (Å²) >= 11 is 0. The summed E-state index contributed by atoms with van der Waals surface area (Å²) in [7, 11) is 3.96. The highest BCUT2D eigenvalue weighted by atomic mass is 16.2. The first-order chi connectivity index (χ1) is 18.9. The fourth-order valence-corrected chi connectivity index (χ4v) is 4.98. The number of nitrogens with zero attached hydrogens (tertiary/aromatic N) is 6. The summed E-state index contributed by atoms with van der Waals surface area (Å²) in [5.41, 5.74) is 3.94. The van der Waals surface area contributed by atoms with Crippen molar-refractivity contribution in [3.05, 3.63) is 90.3 Å². The van der Waals surface area contributed by atoms with Crippen molar-refractivity contribution < 1.29 is 9.59 Å². The number of hydrogen-bond acceptors (Lipinski definition) is 6. The first-order valence-electron chi connectivity index (χ1n) is 13.2. The van der Waals surface area contributed by atoms with Crippen molar-refractivity contribution in [3.8, 4) is 11.3 Å². The number of carbonyl (C=O) groups is 2. The molecule has 1 aliphatic rings. The first-order valence-corrected chi connectivity index (χ1v) is 13.2. The lowest BCUT2D eigenvalue weighted by Gasteiger charge is -2.34. The van der Waals surface area contributed by atoms with E-state index in [4.69, 9.17) is 4.98 Å². The molecule has 4 heterocycles. The number of benzene rings is 1. The number of rotatable bonds is 7. The van der Waals surface area contributed by atoms with E-state index >= 15 is 0 Å². The second-order valence-corrected chi connectivity index (χ2v) is 10.0. The molecule has 9 nitrogen and oxygen atoms in total. The Morgan fingerprint density at radius 1 is 1.08 bits per heavy atom. The number of imidazole rings is 1. The van der Waals surface area contributed by atoms with Gasteiger partial charge in [0.1, 0.15) is 11.6 Å². The van der Waals surface area contributed by atoms with E-state index in [1.807, 2.05) is 61.3 Å². The number of amides is 2. The van der Waals surface area contributed by atoms with Crippen LogP contribution in [0.1, 0.15) is 47.2 Å². The second kappa shape index (κ2) is 11.6. The third kappa shape index (κ3) is 5.73. The molecule has 1 saturated heterocycles. The van der Waals surface area contributed by atoms with Crippen molar-refractivity contribution in [3.63, 3.8) is 0 Å². The van der Waals surface area contributed by atoms with E-state index in [1.54, 1.807) is 42.7 Å². The number of hydrogen-bond donors (Lipinski definition) is 1. The largest absolute Gasteiger partial charge is 0.329 e. The molecular formula is C30H33N7O2. The van der Waals surface area contributed by atoms with E-state index in [1.165, 1.54) is 0 Å². The number of anilines is 1. The molecule has 1 aliphatic heterocycles. The number of pyridine rings is 1. The molecule has 9 heteroatoms. The van der Waals surface area contributed by atoms with Crippen molar-refractivity contribution in [1.82, 2.24) is 29.2 Å². The van der Waals surface area contributed by atoms with E-state index < -0.39 is 0 Å². The summed E-state index contributed by atoms with van der Waals surface area (Å²) in [6.07, 6.45) is 11.8. The Balaban J connectivity index is 1.47. The van der Waals surface area contributed by atoms with Crippen LogP contribution in [0.5, 0.6) is 0 Å². The van der Waals surface area contributed by atoms with Crippen LogP contribution in [0.15, 0.2) is 73.2 Å². The SMILES string of the molecule is Cc1nccn2c([C@@H]3CCCCN3C(=O)C=CCN(C)C)nc(-c3ccc(C(=O)Nc4ccccn4)cc3)c12. The molecule has 2 amide bonds. The van der Waals surface area contributed by atoms with E-state index in [9.17, 15) is 9.59 Å². The fraction of sp³-hybridized carbons (Fsp3) is 0.300. The maximum atomic E-state index is 13.2. The van der Waals surface area contributed by atoms with Gasteiger partial charge >= 0.3 is 0 Å². The van der Waals surface area contributed by atoms with Gasteiger partial charge in [-0.15, -0.1) is 0 Å². The van der Waals surface area contributed by atoms with Crippen LogP contribution in [0.25, 0.3) is 16.8 Å². The van der Waals surface area contributed by atoms with Crippen molar-refractivity contribution in [2.45, 2.75) is 32.2 Å². The molecule has 200 valence electrons. The molecule has 0 unspecified atom stereocenters. The Morgan fingerprint density at radius 2 is 1.90 bits per heavy atom. The number of likely N-dealkylation sites (tertiary alicyclic amines) is 1.